The maximum atomic E-state index is 13.0. The third kappa shape index (κ3) is 2.59. The zero-order chi connectivity index (χ0) is 18.1. The van der Waals surface area contributed by atoms with Gasteiger partial charge in [-0.15, -0.1) is 5.10 Å². The van der Waals surface area contributed by atoms with Gasteiger partial charge >= 0.3 is 11.6 Å². The summed E-state index contributed by atoms with van der Waals surface area (Å²) in [4.78, 5) is 23.3. The molecule has 2 heterocycles. The predicted octanol–water partition coefficient (Wildman–Crippen LogP) is 3.19. The normalized spacial score (nSPS) is 10.8. The van der Waals surface area contributed by atoms with Crippen LogP contribution in [0, 0.1) is 10.1 Å². The highest BCUT2D eigenvalue weighted by molar-refractivity contribution is 5.54. The molecule has 2 aromatic carbocycles. The number of hydrogen-bond acceptors (Lipinski definition) is 5. The summed E-state index contributed by atoms with van der Waals surface area (Å²) in [7, 11) is 0. The van der Waals surface area contributed by atoms with Gasteiger partial charge < -0.3 is 4.42 Å². The van der Waals surface area contributed by atoms with Gasteiger partial charge in [0.25, 0.3) is 0 Å². The third-order valence-electron chi connectivity index (χ3n) is 3.79. The van der Waals surface area contributed by atoms with E-state index in [-0.39, 0.29) is 11.6 Å². The van der Waals surface area contributed by atoms with Crippen molar-refractivity contribution in [3.63, 3.8) is 0 Å². The summed E-state index contributed by atoms with van der Waals surface area (Å²) in [5.41, 5.74) is 0.750. The van der Waals surface area contributed by atoms with E-state index < -0.39 is 16.5 Å². The van der Waals surface area contributed by atoms with Crippen LogP contribution in [0.4, 0.5) is 5.88 Å². The first-order chi connectivity index (χ1) is 12.6. The Morgan fingerprint density at radius 1 is 0.885 bits per heavy atom. The zero-order valence-electron chi connectivity index (χ0n) is 13.4. The lowest BCUT2D eigenvalue weighted by Gasteiger charge is -2.02. The minimum absolute atomic E-state index is 0.132. The summed E-state index contributed by atoms with van der Waals surface area (Å²) in [6, 6.07) is 20.5. The molecule has 0 radical (unpaired) electrons. The highest BCUT2D eigenvalue weighted by Gasteiger charge is 2.22. The molecule has 0 amide bonds. The molecule has 0 fully saturated rings. The summed E-state index contributed by atoms with van der Waals surface area (Å²) in [6.07, 6.45) is 0. The molecular formula is C18H12N4O4. The number of furan rings is 1. The number of rotatable bonds is 4. The van der Waals surface area contributed by atoms with Crippen molar-refractivity contribution in [3.05, 3.63) is 93.4 Å². The fourth-order valence-corrected chi connectivity index (χ4v) is 2.62. The monoisotopic (exact) mass is 348 g/mol. The van der Waals surface area contributed by atoms with Gasteiger partial charge in [-0.3, -0.25) is 10.1 Å². The van der Waals surface area contributed by atoms with E-state index in [4.69, 9.17) is 4.42 Å². The fourth-order valence-electron chi connectivity index (χ4n) is 2.62. The van der Waals surface area contributed by atoms with Gasteiger partial charge in [-0.05, 0) is 30.3 Å². The molecule has 4 rings (SSSR count). The number of hydrogen-bond donors (Lipinski definition) is 0. The van der Waals surface area contributed by atoms with Gasteiger partial charge in [0.05, 0.1) is 17.4 Å². The topological polar surface area (TPSA) is 96.1 Å². The molecule has 0 aliphatic carbocycles. The maximum Gasteiger partial charge on any atom is 0.433 e. The van der Waals surface area contributed by atoms with E-state index in [9.17, 15) is 14.9 Å². The second-order valence-corrected chi connectivity index (χ2v) is 5.42. The summed E-state index contributed by atoms with van der Waals surface area (Å²) in [5.74, 6) is -0.105. The van der Waals surface area contributed by atoms with Crippen molar-refractivity contribution in [2.45, 2.75) is 0 Å². The maximum absolute atomic E-state index is 13.0. The van der Waals surface area contributed by atoms with E-state index in [1.165, 1.54) is 21.4 Å². The minimum Gasteiger partial charge on any atom is -0.397 e. The Morgan fingerprint density at radius 2 is 1.50 bits per heavy atom. The quantitative estimate of drug-likeness (QED) is 0.417. The SMILES string of the molecule is O=c1n(-c2ccccc2)nc(-c2ccc([N+](=O)[O-])o2)n1-c1ccccc1. The van der Waals surface area contributed by atoms with Crippen molar-refractivity contribution < 1.29 is 9.34 Å². The van der Waals surface area contributed by atoms with Crippen molar-refractivity contribution >= 4 is 5.88 Å². The molecule has 0 N–H and O–H groups in total. The summed E-state index contributed by atoms with van der Waals surface area (Å²) in [5, 5.41) is 15.3. The molecule has 26 heavy (non-hydrogen) atoms. The Bertz CT molecular complexity index is 1130. The van der Waals surface area contributed by atoms with E-state index in [0.29, 0.717) is 11.4 Å². The molecule has 0 bridgehead atoms. The van der Waals surface area contributed by atoms with Crippen molar-refractivity contribution in [1.29, 1.82) is 0 Å². The molecule has 8 heteroatoms. The van der Waals surface area contributed by atoms with Gasteiger partial charge in [-0.1, -0.05) is 36.4 Å². The molecule has 8 nitrogen and oxygen atoms in total. The van der Waals surface area contributed by atoms with Gasteiger partial charge in [-0.2, -0.15) is 4.68 Å². The fraction of sp³-hybridized carbons (Fsp3) is 0. The Hall–Kier alpha value is -3.94. The van der Waals surface area contributed by atoms with E-state index in [1.807, 2.05) is 12.1 Å². The van der Waals surface area contributed by atoms with Crippen LogP contribution < -0.4 is 5.69 Å². The molecule has 0 saturated carbocycles. The van der Waals surface area contributed by atoms with Gasteiger partial charge in [0.15, 0.2) is 5.76 Å². The lowest BCUT2D eigenvalue weighted by atomic mass is 10.3. The first-order valence-electron chi connectivity index (χ1n) is 7.72. The molecule has 0 aliphatic heterocycles. The van der Waals surface area contributed by atoms with Crippen molar-refractivity contribution in [2.24, 2.45) is 0 Å². The van der Waals surface area contributed by atoms with Crippen LogP contribution in [0.2, 0.25) is 0 Å². The molecule has 0 aliphatic rings. The van der Waals surface area contributed by atoms with Gasteiger partial charge in [0.1, 0.15) is 4.92 Å². The standard InChI is InChI=1S/C18H12N4O4/c23-18-20(13-7-3-1-4-8-13)17(15-11-12-16(26-15)22(24)25)19-21(18)14-9-5-2-6-10-14/h1-12H. The van der Waals surface area contributed by atoms with E-state index in [0.717, 1.165) is 0 Å². The van der Waals surface area contributed by atoms with Crippen LogP contribution in [0.25, 0.3) is 23.0 Å². The average molecular weight is 348 g/mol. The Labute approximate surface area is 146 Å². The average Bonchev–Trinajstić information content (AvgIpc) is 3.28. The second-order valence-electron chi connectivity index (χ2n) is 5.42. The molecule has 128 valence electrons. The molecule has 0 unspecified atom stereocenters. The molecule has 0 atom stereocenters. The lowest BCUT2D eigenvalue weighted by Crippen LogP contribution is -2.22. The highest BCUT2D eigenvalue weighted by Crippen LogP contribution is 2.26. The zero-order valence-corrected chi connectivity index (χ0v) is 13.4. The summed E-state index contributed by atoms with van der Waals surface area (Å²) >= 11 is 0. The molecule has 0 saturated heterocycles. The van der Waals surface area contributed by atoms with Crippen LogP contribution in [-0.2, 0) is 0 Å². The van der Waals surface area contributed by atoms with Crippen molar-refractivity contribution in [3.8, 4) is 23.0 Å². The van der Waals surface area contributed by atoms with Crippen LogP contribution in [0.15, 0.2) is 82.0 Å². The predicted molar refractivity (Wildman–Crippen MR) is 93.5 cm³/mol. The second kappa shape index (κ2) is 6.17. The van der Waals surface area contributed by atoms with Gasteiger partial charge in [-0.25, -0.2) is 9.36 Å². The Morgan fingerprint density at radius 3 is 2.08 bits per heavy atom. The first-order valence-corrected chi connectivity index (χ1v) is 7.72. The Balaban J connectivity index is 1.97. The molecule has 4 aromatic rings. The van der Waals surface area contributed by atoms with Crippen LogP contribution in [-0.4, -0.2) is 19.3 Å². The van der Waals surface area contributed by atoms with E-state index in [1.54, 1.807) is 48.5 Å². The molecular weight excluding hydrogens is 336 g/mol. The van der Waals surface area contributed by atoms with Crippen molar-refractivity contribution in [2.75, 3.05) is 0 Å². The van der Waals surface area contributed by atoms with Gasteiger partial charge in [0.2, 0.25) is 5.82 Å². The van der Waals surface area contributed by atoms with Crippen LogP contribution >= 0.6 is 0 Å². The summed E-state index contributed by atoms with van der Waals surface area (Å²) in [6.45, 7) is 0. The number of nitro groups is 1. The highest BCUT2D eigenvalue weighted by atomic mass is 16.6. The minimum atomic E-state index is -0.636. The molecule has 0 spiro atoms. The number of benzene rings is 2. The van der Waals surface area contributed by atoms with E-state index >= 15 is 0 Å². The van der Waals surface area contributed by atoms with Crippen LogP contribution in [0.5, 0.6) is 0 Å². The summed E-state index contributed by atoms with van der Waals surface area (Å²) < 4.78 is 7.85. The first kappa shape index (κ1) is 15.6. The number of nitrogens with zero attached hydrogens (tertiary/aromatic N) is 4. The smallest absolute Gasteiger partial charge is 0.397 e. The number of aromatic nitrogens is 3. The Kier molecular flexibility index (Phi) is 3.70. The lowest BCUT2D eigenvalue weighted by molar-refractivity contribution is -0.401. The van der Waals surface area contributed by atoms with Crippen molar-refractivity contribution in [1.82, 2.24) is 14.3 Å². The third-order valence-corrected chi connectivity index (χ3v) is 3.79. The van der Waals surface area contributed by atoms with E-state index in [2.05, 4.69) is 5.10 Å². The number of para-hydroxylation sites is 2. The van der Waals surface area contributed by atoms with Crippen LogP contribution in [0.1, 0.15) is 0 Å². The van der Waals surface area contributed by atoms with Crippen LogP contribution in [0.3, 0.4) is 0 Å². The van der Waals surface area contributed by atoms with Gasteiger partial charge in [0, 0.05) is 0 Å². The molecule has 2 aromatic heterocycles. The largest absolute Gasteiger partial charge is 0.433 e.